The SMILES string of the molecule is CCc1ccc(C(N)c2ncc(Br)cc2Br)cc1. The Kier molecular flexibility index (Phi) is 4.54. The van der Waals surface area contributed by atoms with Crippen LogP contribution in [-0.2, 0) is 6.42 Å². The molecule has 94 valence electrons. The van der Waals surface area contributed by atoms with Crippen molar-refractivity contribution in [3.05, 3.63) is 62.3 Å². The molecule has 1 aromatic carbocycles. The normalized spacial score (nSPS) is 12.4. The Morgan fingerprint density at radius 2 is 1.89 bits per heavy atom. The van der Waals surface area contributed by atoms with Gasteiger partial charge in [0.1, 0.15) is 0 Å². The van der Waals surface area contributed by atoms with Crippen molar-refractivity contribution in [1.29, 1.82) is 0 Å². The van der Waals surface area contributed by atoms with E-state index in [4.69, 9.17) is 5.73 Å². The summed E-state index contributed by atoms with van der Waals surface area (Å²) < 4.78 is 1.86. The highest BCUT2D eigenvalue weighted by atomic mass is 79.9. The number of aromatic nitrogens is 1. The number of halogens is 2. The largest absolute Gasteiger partial charge is 0.319 e. The van der Waals surface area contributed by atoms with Crippen molar-refractivity contribution in [3.8, 4) is 0 Å². The maximum atomic E-state index is 6.25. The number of nitrogens with zero attached hydrogens (tertiary/aromatic N) is 1. The molecule has 0 saturated carbocycles. The van der Waals surface area contributed by atoms with Crippen molar-refractivity contribution in [2.24, 2.45) is 5.73 Å². The standard InChI is InChI=1S/C14H14Br2N2/c1-2-9-3-5-10(6-4-9)13(17)14-12(16)7-11(15)8-18-14/h3-8,13H,2,17H2,1H3. The molecule has 0 aliphatic carbocycles. The lowest BCUT2D eigenvalue weighted by Gasteiger charge is -2.14. The Labute approximate surface area is 124 Å². The molecular weight excluding hydrogens is 356 g/mol. The molecule has 0 bridgehead atoms. The van der Waals surface area contributed by atoms with Crippen molar-refractivity contribution in [2.45, 2.75) is 19.4 Å². The molecule has 0 saturated heterocycles. The minimum atomic E-state index is -0.210. The van der Waals surface area contributed by atoms with Gasteiger partial charge in [0.05, 0.1) is 11.7 Å². The maximum Gasteiger partial charge on any atom is 0.0758 e. The van der Waals surface area contributed by atoms with Gasteiger partial charge in [0, 0.05) is 15.1 Å². The van der Waals surface area contributed by atoms with Crippen LogP contribution in [0.2, 0.25) is 0 Å². The predicted molar refractivity (Wildman–Crippen MR) is 81.5 cm³/mol. The zero-order chi connectivity index (χ0) is 13.1. The summed E-state index contributed by atoms with van der Waals surface area (Å²) in [5.41, 5.74) is 9.49. The summed E-state index contributed by atoms with van der Waals surface area (Å²) in [6, 6.07) is 10.1. The minimum Gasteiger partial charge on any atom is -0.319 e. The summed E-state index contributed by atoms with van der Waals surface area (Å²) in [6.45, 7) is 2.14. The molecule has 2 N–H and O–H groups in total. The smallest absolute Gasteiger partial charge is 0.0758 e. The molecule has 1 aromatic heterocycles. The highest BCUT2D eigenvalue weighted by molar-refractivity contribution is 9.11. The molecule has 1 unspecified atom stereocenters. The van der Waals surface area contributed by atoms with Crippen molar-refractivity contribution in [3.63, 3.8) is 0 Å². The van der Waals surface area contributed by atoms with E-state index in [2.05, 4.69) is 68.0 Å². The van der Waals surface area contributed by atoms with Gasteiger partial charge in [0.15, 0.2) is 0 Å². The third-order valence-corrected chi connectivity index (χ3v) is 3.95. The summed E-state index contributed by atoms with van der Waals surface area (Å²) in [5, 5.41) is 0. The fourth-order valence-corrected chi connectivity index (χ4v) is 3.01. The highest BCUT2D eigenvalue weighted by Gasteiger charge is 2.13. The van der Waals surface area contributed by atoms with Crippen molar-refractivity contribution < 1.29 is 0 Å². The first-order chi connectivity index (χ1) is 8.61. The maximum absolute atomic E-state index is 6.25. The fraction of sp³-hybridized carbons (Fsp3) is 0.214. The van der Waals surface area contributed by atoms with E-state index in [1.807, 2.05) is 6.07 Å². The van der Waals surface area contributed by atoms with Gasteiger partial charge in [0.25, 0.3) is 0 Å². The van der Waals surface area contributed by atoms with Crippen molar-refractivity contribution in [1.82, 2.24) is 4.98 Å². The summed E-state index contributed by atoms with van der Waals surface area (Å²) in [6.07, 6.45) is 2.80. The van der Waals surface area contributed by atoms with Crippen LogP contribution in [0.1, 0.15) is 29.8 Å². The molecule has 0 aliphatic heterocycles. The summed E-state index contributed by atoms with van der Waals surface area (Å²) in [4.78, 5) is 4.38. The number of aryl methyl sites for hydroxylation is 1. The Balaban J connectivity index is 2.31. The van der Waals surface area contributed by atoms with Crippen LogP contribution in [0.3, 0.4) is 0 Å². The van der Waals surface area contributed by atoms with Gasteiger partial charge in [-0.15, -0.1) is 0 Å². The number of nitrogens with two attached hydrogens (primary N) is 1. The van der Waals surface area contributed by atoms with Crippen LogP contribution in [-0.4, -0.2) is 4.98 Å². The Morgan fingerprint density at radius 3 is 2.44 bits per heavy atom. The first-order valence-electron chi connectivity index (χ1n) is 5.77. The van der Waals surface area contributed by atoms with Crippen LogP contribution < -0.4 is 5.73 Å². The summed E-state index contributed by atoms with van der Waals surface area (Å²) >= 11 is 6.89. The molecule has 0 fully saturated rings. The molecule has 18 heavy (non-hydrogen) atoms. The zero-order valence-electron chi connectivity index (χ0n) is 10.0. The van der Waals surface area contributed by atoms with E-state index < -0.39 is 0 Å². The predicted octanol–water partition coefficient (Wildman–Crippen LogP) is 4.22. The Morgan fingerprint density at radius 1 is 1.22 bits per heavy atom. The number of pyridine rings is 1. The molecule has 2 nitrogen and oxygen atoms in total. The van der Waals surface area contributed by atoms with Crippen LogP contribution in [0, 0.1) is 0 Å². The Bertz CT molecular complexity index is 538. The molecular formula is C14H14Br2N2. The van der Waals surface area contributed by atoms with E-state index in [0.29, 0.717) is 0 Å². The van der Waals surface area contributed by atoms with Gasteiger partial charge in [0.2, 0.25) is 0 Å². The molecule has 0 radical (unpaired) electrons. The zero-order valence-corrected chi connectivity index (χ0v) is 13.2. The average molecular weight is 370 g/mol. The molecule has 1 heterocycles. The molecule has 1 atom stereocenters. The number of rotatable bonds is 3. The minimum absolute atomic E-state index is 0.210. The van der Waals surface area contributed by atoms with E-state index in [1.165, 1.54) is 5.56 Å². The van der Waals surface area contributed by atoms with E-state index in [-0.39, 0.29) is 6.04 Å². The molecule has 4 heteroatoms. The molecule has 0 amide bonds. The number of hydrogen-bond donors (Lipinski definition) is 1. The van der Waals surface area contributed by atoms with Gasteiger partial charge in [-0.3, -0.25) is 4.98 Å². The van der Waals surface area contributed by atoms with Gasteiger partial charge in [-0.1, -0.05) is 31.2 Å². The quantitative estimate of drug-likeness (QED) is 0.879. The monoisotopic (exact) mass is 368 g/mol. The second-order valence-corrected chi connectivity index (χ2v) is 5.86. The number of hydrogen-bond acceptors (Lipinski definition) is 2. The molecule has 2 aromatic rings. The topological polar surface area (TPSA) is 38.9 Å². The lowest BCUT2D eigenvalue weighted by atomic mass is 10.0. The van der Waals surface area contributed by atoms with E-state index in [0.717, 1.165) is 26.6 Å². The van der Waals surface area contributed by atoms with E-state index in [9.17, 15) is 0 Å². The van der Waals surface area contributed by atoms with Crippen LogP contribution in [0.15, 0.2) is 45.5 Å². The lowest BCUT2D eigenvalue weighted by molar-refractivity contribution is 0.820. The number of benzene rings is 1. The van der Waals surface area contributed by atoms with Crippen LogP contribution in [0.5, 0.6) is 0 Å². The van der Waals surface area contributed by atoms with Gasteiger partial charge < -0.3 is 5.73 Å². The van der Waals surface area contributed by atoms with Crippen LogP contribution in [0.4, 0.5) is 0 Å². The van der Waals surface area contributed by atoms with Gasteiger partial charge in [-0.25, -0.2) is 0 Å². The van der Waals surface area contributed by atoms with Crippen molar-refractivity contribution in [2.75, 3.05) is 0 Å². The van der Waals surface area contributed by atoms with Crippen LogP contribution in [0.25, 0.3) is 0 Å². The fourth-order valence-electron chi connectivity index (χ4n) is 1.77. The van der Waals surface area contributed by atoms with E-state index >= 15 is 0 Å². The van der Waals surface area contributed by atoms with Crippen molar-refractivity contribution >= 4 is 31.9 Å². The second kappa shape index (κ2) is 5.95. The lowest BCUT2D eigenvalue weighted by Crippen LogP contribution is -2.14. The first kappa shape index (κ1) is 13.7. The van der Waals surface area contributed by atoms with E-state index in [1.54, 1.807) is 6.20 Å². The Hall–Kier alpha value is -0.710. The molecule has 2 rings (SSSR count). The summed E-state index contributed by atoms with van der Waals surface area (Å²) in [5.74, 6) is 0. The van der Waals surface area contributed by atoms with Gasteiger partial charge >= 0.3 is 0 Å². The third kappa shape index (κ3) is 2.99. The van der Waals surface area contributed by atoms with Crippen LogP contribution >= 0.6 is 31.9 Å². The van der Waals surface area contributed by atoms with Gasteiger partial charge in [-0.05, 0) is 55.5 Å². The molecule has 0 spiro atoms. The molecule has 0 aliphatic rings. The summed E-state index contributed by atoms with van der Waals surface area (Å²) in [7, 11) is 0. The second-order valence-electron chi connectivity index (χ2n) is 4.09. The van der Waals surface area contributed by atoms with Gasteiger partial charge in [-0.2, -0.15) is 0 Å². The average Bonchev–Trinajstić information content (AvgIpc) is 2.38. The third-order valence-electron chi connectivity index (χ3n) is 2.88. The first-order valence-corrected chi connectivity index (χ1v) is 7.35. The highest BCUT2D eigenvalue weighted by Crippen LogP contribution is 2.27.